The Labute approximate surface area is 144 Å². The molecule has 1 rings (SSSR count). The van der Waals surface area contributed by atoms with Gasteiger partial charge in [-0.2, -0.15) is 0 Å². The Morgan fingerprint density at radius 2 is 1.74 bits per heavy atom. The molecule has 1 atom stereocenters. The minimum atomic E-state index is -0.550. The van der Waals surface area contributed by atoms with Crippen molar-refractivity contribution in [2.75, 3.05) is 32.0 Å². The zero-order valence-corrected chi connectivity index (χ0v) is 14.3. The number of imide groups is 1. The highest BCUT2D eigenvalue weighted by Crippen LogP contribution is 2.24. The molecule has 126 valence electrons. The maximum Gasteiger partial charge on any atom is 0.321 e. The lowest BCUT2D eigenvalue weighted by molar-refractivity contribution is -0.862. The van der Waals surface area contributed by atoms with Crippen LogP contribution in [0.4, 0.5) is 10.5 Å². The third-order valence-corrected chi connectivity index (χ3v) is 3.46. The summed E-state index contributed by atoms with van der Waals surface area (Å²) in [6, 6.07) is 4.20. The lowest BCUT2D eigenvalue weighted by Gasteiger charge is -2.13. The van der Waals surface area contributed by atoms with Crippen LogP contribution in [0.5, 0.6) is 0 Å². The number of carbonyl (C=O) groups is 3. The number of benzene rings is 1. The highest BCUT2D eigenvalue weighted by molar-refractivity contribution is 6.42. The smallest absolute Gasteiger partial charge is 0.321 e. The van der Waals surface area contributed by atoms with Crippen LogP contribution in [0.1, 0.15) is 6.92 Å². The number of likely N-dealkylation sites (N-methyl/N-ethyl adjacent to an activating group) is 1. The standard InChI is InChI=1S/C14H18Cl2N4O3/c1-3-17-14(23)19-13(22)8-20(2)7-12(21)18-9-4-5-10(15)11(16)6-9/h4-6H,3,7-8H2,1-2H3,(H,18,21)(H2,17,19,22,23)/p+1. The van der Waals surface area contributed by atoms with Gasteiger partial charge in [0, 0.05) is 12.2 Å². The first-order valence-corrected chi connectivity index (χ1v) is 7.71. The van der Waals surface area contributed by atoms with Gasteiger partial charge in [0.1, 0.15) is 0 Å². The zero-order chi connectivity index (χ0) is 17.4. The van der Waals surface area contributed by atoms with Gasteiger partial charge in [-0.3, -0.25) is 14.9 Å². The molecule has 0 saturated heterocycles. The van der Waals surface area contributed by atoms with E-state index in [2.05, 4.69) is 16.0 Å². The number of nitrogens with one attached hydrogen (secondary N) is 4. The third-order valence-electron chi connectivity index (χ3n) is 2.72. The Morgan fingerprint density at radius 3 is 2.35 bits per heavy atom. The van der Waals surface area contributed by atoms with Gasteiger partial charge in [0.15, 0.2) is 13.1 Å². The summed E-state index contributed by atoms with van der Waals surface area (Å²) in [6.07, 6.45) is 0. The molecule has 1 aromatic rings. The van der Waals surface area contributed by atoms with Crippen LogP contribution in [0, 0.1) is 0 Å². The summed E-state index contributed by atoms with van der Waals surface area (Å²) >= 11 is 11.7. The molecule has 0 saturated carbocycles. The fourth-order valence-corrected chi connectivity index (χ4v) is 2.06. The second-order valence-corrected chi connectivity index (χ2v) is 5.71. The molecule has 9 heteroatoms. The average Bonchev–Trinajstić information content (AvgIpc) is 2.42. The first-order valence-electron chi connectivity index (χ1n) is 6.95. The second kappa shape index (κ2) is 9.34. The zero-order valence-electron chi connectivity index (χ0n) is 12.8. The predicted octanol–water partition coefficient (Wildman–Crippen LogP) is 0.292. The Hall–Kier alpha value is -1.83. The largest absolute Gasteiger partial charge is 0.338 e. The molecule has 4 amide bonds. The van der Waals surface area contributed by atoms with Crippen LogP contribution in [0.25, 0.3) is 0 Å². The van der Waals surface area contributed by atoms with Crippen molar-refractivity contribution in [3.05, 3.63) is 28.2 Å². The van der Waals surface area contributed by atoms with E-state index in [-0.39, 0.29) is 19.0 Å². The van der Waals surface area contributed by atoms with E-state index in [0.29, 0.717) is 27.2 Å². The molecule has 0 aliphatic rings. The van der Waals surface area contributed by atoms with E-state index in [9.17, 15) is 14.4 Å². The van der Waals surface area contributed by atoms with E-state index >= 15 is 0 Å². The molecule has 0 spiro atoms. The van der Waals surface area contributed by atoms with Gasteiger partial charge < -0.3 is 15.5 Å². The molecule has 0 radical (unpaired) electrons. The van der Waals surface area contributed by atoms with Crippen LogP contribution in [0.3, 0.4) is 0 Å². The van der Waals surface area contributed by atoms with Crippen molar-refractivity contribution < 1.29 is 19.3 Å². The highest BCUT2D eigenvalue weighted by Gasteiger charge is 2.16. The van der Waals surface area contributed by atoms with Crippen LogP contribution in [0.2, 0.25) is 10.0 Å². The quantitative estimate of drug-likeness (QED) is 0.586. The van der Waals surface area contributed by atoms with E-state index in [1.54, 1.807) is 32.2 Å². The molecule has 7 nitrogen and oxygen atoms in total. The van der Waals surface area contributed by atoms with Gasteiger partial charge >= 0.3 is 6.03 Å². The number of hydrogen-bond acceptors (Lipinski definition) is 3. The summed E-state index contributed by atoms with van der Waals surface area (Å²) in [5, 5.41) is 8.02. The number of urea groups is 1. The number of carbonyl (C=O) groups excluding carboxylic acids is 3. The van der Waals surface area contributed by atoms with E-state index in [1.165, 1.54) is 0 Å². The van der Waals surface area contributed by atoms with Crippen LogP contribution >= 0.6 is 23.2 Å². The molecule has 0 fully saturated rings. The summed E-state index contributed by atoms with van der Waals surface area (Å²) in [4.78, 5) is 35.3. The summed E-state index contributed by atoms with van der Waals surface area (Å²) in [7, 11) is 1.67. The first-order chi connectivity index (χ1) is 10.8. The highest BCUT2D eigenvalue weighted by atomic mass is 35.5. The molecular weight excluding hydrogens is 343 g/mol. The topological polar surface area (TPSA) is 91.7 Å². The Morgan fingerprint density at radius 1 is 1.09 bits per heavy atom. The van der Waals surface area contributed by atoms with Crippen LogP contribution < -0.4 is 20.9 Å². The monoisotopic (exact) mass is 361 g/mol. The normalized spacial score (nSPS) is 11.5. The van der Waals surface area contributed by atoms with Gasteiger partial charge in [0.25, 0.3) is 11.8 Å². The number of amides is 4. The Kier molecular flexibility index (Phi) is 7.80. The number of quaternary nitrogens is 1. The summed E-state index contributed by atoms with van der Waals surface area (Å²) in [5.74, 6) is -0.748. The Balaban J connectivity index is 2.42. The molecule has 0 bridgehead atoms. The lowest BCUT2D eigenvalue weighted by Crippen LogP contribution is -3.11. The molecule has 0 aromatic heterocycles. The first kappa shape index (κ1) is 19.2. The van der Waals surface area contributed by atoms with Crippen LogP contribution in [-0.4, -0.2) is 44.5 Å². The van der Waals surface area contributed by atoms with Gasteiger partial charge in [0.2, 0.25) is 0 Å². The van der Waals surface area contributed by atoms with Crippen molar-refractivity contribution in [1.29, 1.82) is 0 Å². The van der Waals surface area contributed by atoms with E-state index in [0.717, 1.165) is 0 Å². The van der Waals surface area contributed by atoms with Crippen LogP contribution in [0.15, 0.2) is 18.2 Å². The number of anilines is 1. The molecule has 4 N–H and O–H groups in total. The number of rotatable bonds is 6. The van der Waals surface area contributed by atoms with Gasteiger partial charge in [-0.1, -0.05) is 23.2 Å². The summed E-state index contributed by atoms with van der Waals surface area (Å²) < 4.78 is 0. The fraction of sp³-hybridized carbons (Fsp3) is 0.357. The molecule has 0 heterocycles. The number of halogens is 2. The van der Waals surface area contributed by atoms with Crippen molar-refractivity contribution >= 4 is 46.7 Å². The predicted molar refractivity (Wildman–Crippen MR) is 88.9 cm³/mol. The fourth-order valence-electron chi connectivity index (χ4n) is 1.77. The lowest BCUT2D eigenvalue weighted by atomic mass is 10.3. The van der Waals surface area contributed by atoms with Crippen molar-refractivity contribution in [2.45, 2.75) is 6.92 Å². The van der Waals surface area contributed by atoms with E-state index < -0.39 is 11.9 Å². The molecule has 1 unspecified atom stereocenters. The van der Waals surface area contributed by atoms with Crippen molar-refractivity contribution in [3.63, 3.8) is 0 Å². The maximum atomic E-state index is 11.9. The van der Waals surface area contributed by atoms with Gasteiger partial charge in [0.05, 0.1) is 17.1 Å². The summed E-state index contributed by atoms with van der Waals surface area (Å²) in [5.41, 5.74) is 0.518. The average molecular weight is 362 g/mol. The van der Waals surface area contributed by atoms with E-state index in [1.807, 2.05) is 0 Å². The SMILES string of the molecule is CCNC(=O)NC(=O)C[NH+](C)CC(=O)Nc1ccc(Cl)c(Cl)c1. The van der Waals surface area contributed by atoms with Gasteiger partial charge in [-0.25, -0.2) is 4.79 Å². The molecule has 0 aliphatic carbocycles. The van der Waals surface area contributed by atoms with E-state index in [4.69, 9.17) is 23.2 Å². The molecular formula is C14H19Cl2N4O3+. The second-order valence-electron chi connectivity index (χ2n) is 4.90. The van der Waals surface area contributed by atoms with Gasteiger partial charge in [-0.05, 0) is 25.1 Å². The summed E-state index contributed by atoms with van der Waals surface area (Å²) in [6.45, 7) is 2.22. The molecule has 0 aliphatic heterocycles. The van der Waals surface area contributed by atoms with Crippen molar-refractivity contribution in [1.82, 2.24) is 10.6 Å². The third kappa shape index (κ3) is 7.32. The van der Waals surface area contributed by atoms with Gasteiger partial charge in [-0.15, -0.1) is 0 Å². The van der Waals surface area contributed by atoms with Crippen molar-refractivity contribution in [2.24, 2.45) is 0 Å². The minimum Gasteiger partial charge on any atom is -0.338 e. The number of hydrogen-bond donors (Lipinski definition) is 4. The maximum absolute atomic E-state index is 11.9. The van der Waals surface area contributed by atoms with Crippen molar-refractivity contribution in [3.8, 4) is 0 Å². The van der Waals surface area contributed by atoms with Crippen LogP contribution in [-0.2, 0) is 9.59 Å². The minimum absolute atomic E-state index is 0.00801. The Bertz CT molecular complexity index is 595. The molecule has 23 heavy (non-hydrogen) atoms. The molecule has 1 aromatic carbocycles.